The average molecular weight is 442 g/mol. The van der Waals surface area contributed by atoms with Crippen LogP contribution in [-0.2, 0) is 14.9 Å². The lowest BCUT2D eigenvalue weighted by Crippen LogP contribution is -2.46. The second kappa shape index (κ2) is 7.98. The van der Waals surface area contributed by atoms with E-state index in [-0.39, 0.29) is 44.1 Å². The van der Waals surface area contributed by atoms with Crippen LogP contribution in [0, 0.1) is 11.6 Å². The summed E-state index contributed by atoms with van der Waals surface area (Å²) in [6.45, 7) is 0.764. The second-order valence-corrected chi connectivity index (χ2v) is 8.97. The van der Waals surface area contributed by atoms with Crippen molar-refractivity contribution in [2.45, 2.75) is 5.92 Å². The number of hydrogen-bond acceptors (Lipinski definition) is 4. The van der Waals surface area contributed by atoms with Crippen LogP contribution in [0.1, 0.15) is 17.0 Å². The van der Waals surface area contributed by atoms with Crippen LogP contribution in [-0.4, -0.2) is 55.7 Å². The van der Waals surface area contributed by atoms with Crippen molar-refractivity contribution in [3.05, 3.63) is 70.2 Å². The molecule has 0 spiro atoms. The summed E-state index contributed by atoms with van der Waals surface area (Å²) in [5.74, 6) is -2.39. The molecule has 0 bridgehead atoms. The molecule has 2 aliphatic rings. The first-order chi connectivity index (χ1) is 13.9. The Kier molecular flexibility index (Phi) is 5.56. The Morgan fingerprint density at radius 3 is 2.28 bits per heavy atom. The third kappa shape index (κ3) is 3.87. The van der Waals surface area contributed by atoms with Gasteiger partial charge < -0.3 is 4.74 Å². The number of halogens is 3. The predicted molar refractivity (Wildman–Crippen MR) is 105 cm³/mol. The van der Waals surface area contributed by atoms with E-state index in [2.05, 4.69) is 5.10 Å². The number of rotatable bonds is 4. The molecule has 0 radical (unpaired) electrons. The van der Waals surface area contributed by atoms with Gasteiger partial charge in [-0.25, -0.2) is 8.78 Å². The second-order valence-electron chi connectivity index (χ2n) is 6.70. The molecule has 6 nitrogen and oxygen atoms in total. The van der Waals surface area contributed by atoms with Crippen LogP contribution in [0.5, 0.6) is 0 Å². The molecule has 1 saturated heterocycles. The third-order valence-electron chi connectivity index (χ3n) is 4.94. The van der Waals surface area contributed by atoms with Crippen LogP contribution >= 0.6 is 11.6 Å². The van der Waals surface area contributed by atoms with Gasteiger partial charge in [0, 0.05) is 23.7 Å². The Labute approximate surface area is 172 Å². The molecule has 2 aromatic carbocycles. The molecule has 2 aliphatic heterocycles. The molecule has 1 unspecified atom stereocenters. The highest BCUT2D eigenvalue weighted by Crippen LogP contribution is 2.34. The Morgan fingerprint density at radius 2 is 1.66 bits per heavy atom. The van der Waals surface area contributed by atoms with Crippen molar-refractivity contribution < 1.29 is 21.9 Å². The fraction of sp³-hybridized carbons (Fsp3) is 0.316. The summed E-state index contributed by atoms with van der Waals surface area (Å²) in [4.78, 5) is 0. The molecule has 1 fully saturated rings. The van der Waals surface area contributed by atoms with Crippen molar-refractivity contribution in [1.82, 2.24) is 8.72 Å². The zero-order valence-corrected chi connectivity index (χ0v) is 16.8. The Balaban J connectivity index is 1.77. The minimum Gasteiger partial charge on any atom is -0.379 e. The first kappa shape index (κ1) is 20.2. The van der Waals surface area contributed by atoms with Crippen molar-refractivity contribution in [1.29, 1.82) is 0 Å². The largest absolute Gasteiger partial charge is 0.379 e. The highest BCUT2D eigenvalue weighted by atomic mass is 35.5. The van der Waals surface area contributed by atoms with Gasteiger partial charge in [-0.05, 0) is 29.8 Å². The van der Waals surface area contributed by atoms with Gasteiger partial charge in [-0.1, -0.05) is 29.8 Å². The molecule has 154 valence electrons. The van der Waals surface area contributed by atoms with E-state index >= 15 is 0 Å². The van der Waals surface area contributed by atoms with E-state index < -0.39 is 27.8 Å². The number of nitrogens with zero attached hydrogens (tertiary/aromatic N) is 3. The molecule has 0 amide bonds. The van der Waals surface area contributed by atoms with E-state index in [0.717, 1.165) is 16.5 Å². The van der Waals surface area contributed by atoms with Gasteiger partial charge in [0.1, 0.15) is 11.6 Å². The fourth-order valence-corrected chi connectivity index (χ4v) is 5.01. The monoisotopic (exact) mass is 441 g/mol. The van der Waals surface area contributed by atoms with Crippen LogP contribution in [0.3, 0.4) is 0 Å². The van der Waals surface area contributed by atoms with Gasteiger partial charge >= 0.3 is 10.2 Å². The summed E-state index contributed by atoms with van der Waals surface area (Å²) >= 11 is 5.94. The van der Waals surface area contributed by atoms with Crippen molar-refractivity contribution in [3.63, 3.8) is 0 Å². The number of benzene rings is 2. The molecule has 29 heavy (non-hydrogen) atoms. The Hall–Kier alpha value is -2.07. The molecule has 0 aromatic heterocycles. The third-order valence-corrected chi connectivity index (χ3v) is 6.97. The minimum absolute atomic E-state index is 0.198. The van der Waals surface area contributed by atoms with Crippen molar-refractivity contribution in [2.24, 2.45) is 5.10 Å². The summed E-state index contributed by atoms with van der Waals surface area (Å²) < 4.78 is 62.5. The number of ether oxygens (including phenoxy) is 1. The van der Waals surface area contributed by atoms with E-state index in [0.29, 0.717) is 10.6 Å². The lowest BCUT2D eigenvalue weighted by molar-refractivity contribution is 0.0704. The number of morpholine rings is 1. The Bertz CT molecular complexity index is 1020. The summed E-state index contributed by atoms with van der Waals surface area (Å²) in [5.41, 5.74) is 0.602. The summed E-state index contributed by atoms with van der Waals surface area (Å²) in [7, 11) is -3.95. The number of hydrazone groups is 1. The summed E-state index contributed by atoms with van der Waals surface area (Å²) in [5, 5.41) is 4.76. The summed E-state index contributed by atoms with van der Waals surface area (Å²) in [6, 6.07) is 10.1. The van der Waals surface area contributed by atoms with E-state index in [1.165, 1.54) is 10.4 Å². The highest BCUT2D eigenvalue weighted by molar-refractivity contribution is 7.86. The fourth-order valence-electron chi connectivity index (χ4n) is 3.48. The molecule has 4 rings (SSSR count). The van der Waals surface area contributed by atoms with Gasteiger partial charge in [0.2, 0.25) is 0 Å². The van der Waals surface area contributed by atoms with E-state index in [1.807, 2.05) is 0 Å². The maximum absolute atomic E-state index is 14.5. The quantitative estimate of drug-likeness (QED) is 0.732. The average Bonchev–Trinajstić information content (AvgIpc) is 3.15. The molecule has 0 N–H and O–H groups in total. The van der Waals surface area contributed by atoms with Gasteiger partial charge in [-0.2, -0.15) is 22.2 Å². The van der Waals surface area contributed by atoms with Crippen LogP contribution in [0.15, 0.2) is 47.6 Å². The normalized spacial score (nSPS) is 20.7. The van der Waals surface area contributed by atoms with E-state index in [4.69, 9.17) is 16.3 Å². The van der Waals surface area contributed by atoms with Crippen LogP contribution < -0.4 is 0 Å². The van der Waals surface area contributed by atoms with Crippen LogP contribution in [0.2, 0.25) is 5.02 Å². The maximum atomic E-state index is 14.5. The zero-order valence-electron chi connectivity index (χ0n) is 15.3. The van der Waals surface area contributed by atoms with Crippen molar-refractivity contribution in [2.75, 3.05) is 32.8 Å². The van der Waals surface area contributed by atoms with E-state index in [1.54, 1.807) is 24.3 Å². The topological polar surface area (TPSA) is 62.2 Å². The minimum atomic E-state index is -3.95. The smallest absolute Gasteiger partial charge is 0.319 e. The molecule has 2 aromatic rings. The van der Waals surface area contributed by atoms with Crippen LogP contribution in [0.4, 0.5) is 8.78 Å². The lowest BCUT2D eigenvalue weighted by Gasteiger charge is -2.29. The van der Waals surface area contributed by atoms with Gasteiger partial charge in [0.15, 0.2) is 0 Å². The number of hydrogen-bond donors (Lipinski definition) is 0. The molecule has 0 saturated carbocycles. The SMILES string of the molecule is O=S(=O)(N1CCOCC1)N1CC(c2c(F)cccc2F)C(c2ccc(Cl)cc2)=N1. The first-order valence-electron chi connectivity index (χ1n) is 9.02. The standard InChI is InChI=1S/C19H18ClF2N3O3S/c20-14-6-4-13(5-7-14)19-15(18-16(21)2-1-3-17(18)22)12-25(23-19)29(26,27)24-8-10-28-11-9-24/h1-7,15H,8-12H2. The van der Waals surface area contributed by atoms with Gasteiger partial charge in [0.05, 0.1) is 31.4 Å². The molecular formula is C19H18ClF2N3O3S. The molecule has 0 aliphatic carbocycles. The lowest BCUT2D eigenvalue weighted by atomic mass is 9.90. The van der Waals surface area contributed by atoms with Gasteiger partial charge in [0.25, 0.3) is 0 Å². The zero-order chi connectivity index (χ0) is 20.6. The van der Waals surface area contributed by atoms with Crippen LogP contribution in [0.25, 0.3) is 0 Å². The first-order valence-corrected chi connectivity index (χ1v) is 10.8. The van der Waals surface area contributed by atoms with Gasteiger partial charge in [-0.3, -0.25) is 0 Å². The maximum Gasteiger partial charge on any atom is 0.319 e. The molecular weight excluding hydrogens is 424 g/mol. The summed E-state index contributed by atoms with van der Waals surface area (Å²) in [6.07, 6.45) is 0. The Morgan fingerprint density at radius 1 is 1.03 bits per heavy atom. The molecule has 10 heteroatoms. The molecule has 1 atom stereocenters. The van der Waals surface area contributed by atoms with E-state index in [9.17, 15) is 17.2 Å². The van der Waals surface area contributed by atoms with Crippen molar-refractivity contribution in [3.8, 4) is 0 Å². The molecule has 2 heterocycles. The van der Waals surface area contributed by atoms with Gasteiger partial charge in [-0.15, -0.1) is 0 Å². The highest BCUT2D eigenvalue weighted by Gasteiger charge is 2.40. The van der Waals surface area contributed by atoms with Crippen molar-refractivity contribution >= 4 is 27.5 Å². The predicted octanol–water partition coefficient (Wildman–Crippen LogP) is 3.00.